The lowest BCUT2D eigenvalue weighted by molar-refractivity contribution is -0.193. The predicted octanol–water partition coefficient (Wildman–Crippen LogP) is 1.83. The van der Waals surface area contributed by atoms with Crippen molar-refractivity contribution < 1.29 is 22.4 Å². The SMILES string of the molecule is Cc1occc1CN(C)C(=O)C(C)(N)C(F)(F)F. The van der Waals surface area contributed by atoms with E-state index in [9.17, 15) is 18.0 Å². The van der Waals surface area contributed by atoms with E-state index in [0.717, 1.165) is 4.90 Å². The van der Waals surface area contributed by atoms with Gasteiger partial charge in [-0.3, -0.25) is 4.79 Å². The van der Waals surface area contributed by atoms with Gasteiger partial charge in [-0.2, -0.15) is 13.2 Å². The number of nitrogens with two attached hydrogens (primary N) is 1. The Hall–Kier alpha value is -1.50. The van der Waals surface area contributed by atoms with Gasteiger partial charge in [-0.15, -0.1) is 0 Å². The zero-order valence-corrected chi connectivity index (χ0v) is 10.3. The molecule has 0 aliphatic carbocycles. The summed E-state index contributed by atoms with van der Waals surface area (Å²) in [6.07, 6.45) is -3.38. The van der Waals surface area contributed by atoms with E-state index < -0.39 is 17.6 Å². The highest BCUT2D eigenvalue weighted by Crippen LogP contribution is 2.29. The maximum Gasteiger partial charge on any atom is 0.415 e. The van der Waals surface area contributed by atoms with Gasteiger partial charge in [-0.1, -0.05) is 0 Å². The van der Waals surface area contributed by atoms with Crippen LogP contribution in [0.1, 0.15) is 18.2 Å². The van der Waals surface area contributed by atoms with Crippen molar-refractivity contribution >= 4 is 5.91 Å². The Bertz CT molecular complexity index is 438. The molecule has 0 saturated carbocycles. The van der Waals surface area contributed by atoms with E-state index in [4.69, 9.17) is 10.2 Å². The number of halogens is 3. The standard InChI is InChI=1S/C11H15F3N2O2/c1-7-8(4-5-18-7)6-16(3)9(17)10(2,15)11(12,13)14/h4-5H,6,15H2,1-3H3. The first-order chi connectivity index (χ1) is 8.07. The highest BCUT2D eigenvalue weighted by molar-refractivity contribution is 5.86. The molecule has 18 heavy (non-hydrogen) atoms. The largest absolute Gasteiger partial charge is 0.469 e. The molecule has 1 aromatic rings. The average Bonchev–Trinajstić information content (AvgIpc) is 2.61. The Labute approximate surface area is 103 Å². The molecule has 1 amide bonds. The normalized spacial score (nSPS) is 15.3. The van der Waals surface area contributed by atoms with Crippen molar-refractivity contribution in [1.29, 1.82) is 0 Å². The van der Waals surface area contributed by atoms with Crippen LogP contribution in [0.25, 0.3) is 0 Å². The molecule has 0 aliphatic rings. The van der Waals surface area contributed by atoms with E-state index in [0.29, 0.717) is 18.2 Å². The van der Waals surface area contributed by atoms with E-state index in [1.807, 2.05) is 0 Å². The van der Waals surface area contributed by atoms with Crippen LogP contribution in [0.5, 0.6) is 0 Å². The summed E-state index contributed by atoms with van der Waals surface area (Å²) in [5.41, 5.74) is 2.82. The van der Waals surface area contributed by atoms with Crippen molar-refractivity contribution in [3.63, 3.8) is 0 Å². The van der Waals surface area contributed by atoms with Crippen LogP contribution < -0.4 is 5.73 Å². The van der Waals surface area contributed by atoms with Crippen LogP contribution >= 0.6 is 0 Å². The lowest BCUT2D eigenvalue weighted by atomic mass is 10.0. The molecule has 1 heterocycles. The van der Waals surface area contributed by atoms with Crippen LogP contribution in [0, 0.1) is 6.92 Å². The van der Waals surface area contributed by atoms with Gasteiger partial charge < -0.3 is 15.1 Å². The number of amides is 1. The molecule has 0 aromatic carbocycles. The molecule has 1 rings (SSSR count). The van der Waals surface area contributed by atoms with E-state index in [-0.39, 0.29) is 6.54 Å². The third kappa shape index (κ3) is 2.66. The fourth-order valence-corrected chi connectivity index (χ4v) is 1.42. The van der Waals surface area contributed by atoms with Crippen LogP contribution in [0.15, 0.2) is 16.7 Å². The summed E-state index contributed by atoms with van der Waals surface area (Å²) in [6.45, 7) is 2.34. The van der Waals surface area contributed by atoms with Gasteiger partial charge in [0.25, 0.3) is 5.91 Å². The summed E-state index contributed by atoms with van der Waals surface area (Å²) in [7, 11) is 1.27. The van der Waals surface area contributed by atoms with Crippen molar-refractivity contribution in [3.05, 3.63) is 23.7 Å². The van der Waals surface area contributed by atoms with Gasteiger partial charge in [0.2, 0.25) is 0 Å². The molecule has 0 bridgehead atoms. The third-order valence-electron chi connectivity index (χ3n) is 2.75. The summed E-state index contributed by atoms with van der Waals surface area (Å²) >= 11 is 0. The summed E-state index contributed by atoms with van der Waals surface area (Å²) in [4.78, 5) is 12.6. The topological polar surface area (TPSA) is 59.5 Å². The Morgan fingerprint density at radius 2 is 2.06 bits per heavy atom. The van der Waals surface area contributed by atoms with Gasteiger partial charge in [0, 0.05) is 19.2 Å². The molecule has 1 atom stereocenters. The summed E-state index contributed by atoms with van der Waals surface area (Å²) in [5, 5.41) is 0. The van der Waals surface area contributed by atoms with Crippen LogP contribution in [-0.4, -0.2) is 29.6 Å². The van der Waals surface area contributed by atoms with Gasteiger partial charge in [-0.05, 0) is 19.9 Å². The molecular formula is C11H15F3N2O2. The zero-order valence-electron chi connectivity index (χ0n) is 10.3. The van der Waals surface area contributed by atoms with E-state index in [2.05, 4.69) is 0 Å². The fourth-order valence-electron chi connectivity index (χ4n) is 1.42. The van der Waals surface area contributed by atoms with Crippen molar-refractivity contribution in [3.8, 4) is 0 Å². The number of furan rings is 1. The minimum absolute atomic E-state index is 0.0179. The first-order valence-corrected chi connectivity index (χ1v) is 5.21. The molecule has 7 heteroatoms. The van der Waals surface area contributed by atoms with Gasteiger partial charge in [-0.25, -0.2) is 0 Å². The number of hydrogen-bond acceptors (Lipinski definition) is 3. The molecule has 0 radical (unpaired) electrons. The number of alkyl halides is 3. The highest BCUT2D eigenvalue weighted by atomic mass is 19.4. The molecule has 0 fully saturated rings. The van der Waals surface area contributed by atoms with Crippen LogP contribution in [-0.2, 0) is 11.3 Å². The van der Waals surface area contributed by atoms with Crippen molar-refractivity contribution in [2.24, 2.45) is 5.73 Å². The van der Waals surface area contributed by atoms with Gasteiger partial charge in [0.05, 0.1) is 6.26 Å². The molecule has 102 valence electrons. The predicted molar refractivity (Wildman–Crippen MR) is 58.6 cm³/mol. The van der Waals surface area contributed by atoms with Gasteiger partial charge >= 0.3 is 6.18 Å². The van der Waals surface area contributed by atoms with Crippen LogP contribution in [0.4, 0.5) is 13.2 Å². The molecule has 0 aliphatic heterocycles. The van der Waals surface area contributed by atoms with Gasteiger partial charge in [0.15, 0.2) is 5.54 Å². The lowest BCUT2D eigenvalue weighted by Crippen LogP contribution is -2.61. The third-order valence-corrected chi connectivity index (χ3v) is 2.75. The monoisotopic (exact) mass is 264 g/mol. The first-order valence-electron chi connectivity index (χ1n) is 5.21. The van der Waals surface area contributed by atoms with Crippen molar-refractivity contribution in [2.45, 2.75) is 32.1 Å². The fraction of sp³-hybridized carbons (Fsp3) is 0.545. The molecule has 4 nitrogen and oxygen atoms in total. The van der Waals surface area contributed by atoms with E-state index in [1.165, 1.54) is 13.3 Å². The number of rotatable bonds is 3. The zero-order chi connectivity index (χ0) is 14.1. The lowest BCUT2D eigenvalue weighted by Gasteiger charge is -2.30. The second-order valence-corrected chi connectivity index (χ2v) is 4.36. The van der Waals surface area contributed by atoms with Crippen LogP contribution in [0.3, 0.4) is 0 Å². The van der Waals surface area contributed by atoms with Crippen molar-refractivity contribution in [2.75, 3.05) is 7.05 Å². The quantitative estimate of drug-likeness (QED) is 0.906. The molecule has 2 N–H and O–H groups in total. The van der Waals surface area contributed by atoms with Crippen LogP contribution in [0.2, 0.25) is 0 Å². The van der Waals surface area contributed by atoms with Gasteiger partial charge in [0.1, 0.15) is 5.76 Å². The molecule has 1 unspecified atom stereocenters. The van der Waals surface area contributed by atoms with Crippen molar-refractivity contribution in [1.82, 2.24) is 4.90 Å². The molecule has 0 saturated heterocycles. The first kappa shape index (κ1) is 14.6. The maximum absolute atomic E-state index is 12.6. The number of nitrogens with zero attached hydrogens (tertiary/aromatic N) is 1. The number of carbonyl (C=O) groups is 1. The Morgan fingerprint density at radius 1 is 1.50 bits per heavy atom. The summed E-state index contributed by atoms with van der Waals surface area (Å²) in [5.74, 6) is -0.629. The van der Waals surface area contributed by atoms with E-state index >= 15 is 0 Å². The van der Waals surface area contributed by atoms with E-state index in [1.54, 1.807) is 13.0 Å². The Morgan fingerprint density at radius 3 is 2.44 bits per heavy atom. The molecule has 0 spiro atoms. The second kappa shape index (κ2) is 4.64. The second-order valence-electron chi connectivity index (χ2n) is 4.36. The highest BCUT2D eigenvalue weighted by Gasteiger charge is 2.54. The summed E-state index contributed by atoms with van der Waals surface area (Å²) in [6, 6.07) is 1.60. The number of carbonyl (C=O) groups excluding carboxylic acids is 1. The maximum atomic E-state index is 12.6. The smallest absolute Gasteiger partial charge is 0.415 e. The number of likely N-dealkylation sites (N-methyl/N-ethyl adjacent to an activating group) is 1. The Balaban J connectivity index is 2.83. The molecular weight excluding hydrogens is 249 g/mol. The number of hydrogen-bond donors (Lipinski definition) is 1. The number of aryl methyl sites for hydroxylation is 1. The molecule has 1 aromatic heterocycles. The average molecular weight is 264 g/mol. The summed E-state index contributed by atoms with van der Waals surface area (Å²) < 4.78 is 42.8. The Kier molecular flexibility index (Phi) is 3.75. The minimum atomic E-state index is -4.79. The minimum Gasteiger partial charge on any atom is -0.469 e.